The van der Waals surface area contributed by atoms with Crippen LogP contribution in [0.4, 0.5) is 0 Å². The van der Waals surface area contributed by atoms with Gasteiger partial charge < -0.3 is 9.64 Å². The molecule has 0 aliphatic heterocycles. The van der Waals surface area contributed by atoms with Crippen molar-refractivity contribution in [1.82, 2.24) is 4.90 Å². The van der Waals surface area contributed by atoms with Gasteiger partial charge in [0.05, 0.1) is 13.0 Å². The molecule has 1 rings (SSSR count). The van der Waals surface area contributed by atoms with Crippen LogP contribution in [-0.4, -0.2) is 31.6 Å². The van der Waals surface area contributed by atoms with Crippen molar-refractivity contribution in [3.8, 4) is 0 Å². The predicted octanol–water partition coefficient (Wildman–Crippen LogP) is 3.44. The summed E-state index contributed by atoms with van der Waals surface area (Å²) in [5.74, 6) is 0.516. The number of nitrogens with zero attached hydrogens (tertiary/aromatic N) is 1. The standard InChI is InChI=1S/C17H27NO2/c1-6-20-17(19)12-16(18(4)5)15-9-7-14(8-10-15)11-13(2)3/h7-10,13,16H,6,11-12H2,1-5H3. The van der Waals surface area contributed by atoms with E-state index < -0.39 is 0 Å². The number of ether oxygens (including phenoxy) is 1. The second-order valence-electron chi connectivity index (χ2n) is 5.83. The van der Waals surface area contributed by atoms with E-state index in [4.69, 9.17) is 4.74 Å². The third-order valence-corrected chi connectivity index (χ3v) is 3.30. The molecule has 0 radical (unpaired) electrons. The number of rotatable bonds is 7. The Morgan fingerprint density at radius 1 is 1.20 bits per heavy atom. The lowest BCUT2D eigenvalue weighted by Gasteiger charge is -2.24. The highest BCUT2D eigenvalue weighted by molar-refractivity contribution is 5.70. The Bertz CT molecular complexity index is 410. The molecule has 0 spiro atoms. The van der Waals surface area contributed by atoms with Gasteiger partial charge in [-0.25, -0.2) is 0 Å². The fourth-order valence-electron chi connectivity index (χ4n) is 2.32. The molecule has 112 valence electrons. The fourth-order valence-corrected chi connectivity index (χ4v) is 2.32. The van der Waals surface area contributed by atoms with Gasteiger partial charge in [-0.2, -0.15) is 0 Å². The molecule has 0 heterocycles. The highest BCUT2D eigenvalue weighted by Crippen LogP contribution is 2.23. The summed E-state index contributed by atoms with van der Waals surface area (Å²) in [5, 5.41) is 0. The molecule has 3 nitrogen and oxygen atoms in total. The molecule has 1 atom stereocenters. The maximum Gasteiger partial charge on any atom is 0.307 e. The van der Waals surface area contributed by atoms with Crippen LogP contribution in [0.5, 0.6) is 0 Å². The first-order valence-corrected chi connectivity index (χ1v) is 7.35. The summed E-state index contributed by atoms with van der Waals surface area (Å²) in [6.45, 7) is 6.71. The molecule has 0 aromatic heterocycles. The zero-order valence-electron chi connectivity index (χ0n) is 13.3. The van der Waals surface area contributed by atoms with Crippen LogP contribution in [0, 0.1) is 5.92 Å². The van der Waals surface area contributed by atoms with Gasteiger partial charge in [0.1, 0.15) is 0 Å². The van der Waals surface area contributed by atoms with Crippen molar-refractivity contribution in [1.29, 1.82) is 0 Å². The van der Waals surface area contributed by atoms with Crippen LogP contribution in [0.2, 0.25) is 0 Å². The predicted molar refractivity (Wildman–Crippen MR) is 82.7 cm³/mol. The Kier molecular flexibility index (Phi) is 6.73. The number of benzene rings is 1. The van der Waals surface area contributed by atoms with Crippen molar-refractivity contribution in [3.05, 3.63) is 35.4 Å². The normalized spacial score (nSPS) is 12.8. The van der Waals surface area contributed by atoms with Gasteiger partial charge in [-0.05, 0) is 44.5 Å². The molecule has 20 heavy (non-hydrogen) atoms. The van der Waals surface area contributed by atoms with Gasteiger partial charge in [0.2, 0.25) is 0 Å². The fraction of sp³-hybridized carbons (Fsp3) is 0.588. The maximum atomic E-state index is 11.7. The first-order valence-electron chi connectivity index (χ1n) is 7.35. The zero-order valence-corrected chi connectivity index (χ0v) is 13.3. The highest BCUT2D eigenvalue weighted by atomic mass is 16.5. The number of hydrogen-bond acceptors (Lipinski definition) is 3. The number of carbonyl (C=O) groups is 1. The molecule has 1 unspecified atom stereocenters. The van der Waals surface area contributed by atoms with Crippen LogP contribution in [0.3, 0.4) is 0 Å². The van der Waals surface area contributed by atoms with Crippen molar-refractivity contribution in [2.45, 2.75) is 39.7 Å². The largest absolute Gasteiger partial charge is 0.466 e. The summed E-state index contributed by atoms with van der Waals surface area (Å²) in [7, 11) is 3.98. The lowest BCUT2D eigenvalue weighted by atomic mass is 9.97. The van der Waals surface area contributed by atoms with E-state index in [1.165, 1.54) is 5.56 Å². The average molecular weight is 277 g/mol. The third kappa shape index (κ3) is 5.33. The highest BCUT2D eigenvalue weighted by Gasteiger charge is 2.18. The molecule has 0 fully saturated rings. The molecule has 0 amide bonds. The van der Waals surface area contributed by atoms with E-state index in [9.17, 15) is 4.79 Å². The van der Waals surface area contributed by atoms with Crippen molar-refractivity contribution < 1.29 is 9.53 Å². The summed E-state index contributed by atoms with van der Waals surface area (Å²) in [6, 6.07) is 8.65. The monoisotopic (exact) mass is 277 g/mol. The van der Waals surface area contributed by atoms with Crippen LogP contribution in [0.15, 0.2) is 24.3 Å². The van der Waals surface area contributed by atoms with Crippen molar-refractivity contribution in [2.24, 2.45) is 5.92 Å². The Balaban J connectivity index is 2.79. The van der Waals surface area contributed by atoms with E-state index in [0.717, 1.165) is 12.0 Å². The molecule has 0 N–H and O–H groups in total. The van der Waals surface area contributed by atoms with Crippen molar-refractivity contribution in [3.63, 3.8) is 0 Å². The molecular weight excluding hydrogens is 250 g/mol. The SMILES string of the molecule is CCOC(=O)CC(c1ccc(CC(C)C)cc1)N(C)C. The van der Waals surface area contributed by atoms with Gasteiger partial charge in [0.15, 0.2) is 0 Å². The molecule has 0 saturated carbocycles. The Labute approximate surface area is 122 Å². The van der Waals surface area contributed by atoms with E-state index in [2.05, 4.69) is 43.0 Å². The lowest BCUT2D eigenvalue weighted by molar-refractivity contribution is -0.144. The number of carbonyl (C=O) groups excluding carboxylic acids is 1. The van der Waals surface area contributed by atoms with E-state index >= 15 is 0 Å². The lowest BCUT2D eigenvalue weighted by Crippen LogP contribution is -2.23. The Morgan fingerprint density at radius 3 is 2.25 bits per heavy atom. The maximum absolute atomic E-state index is 11.7. The minimum Gasteiger partial charge on any atom is -0.466 e. The van der Waals surface area contributed by atoms with Gasteiger partial charge in [0, 0.05) is 6.04 Å². The summed E-state index contributed by atoms with van der Waals surface area (Å²) in [6.07, 6.45) is 1.48. The van der Waals surface area contributed by atoms with Crippen LogP contribution < -0.4 is 0 Å². The topological polar surface area (TPSA) is 29.5 Å². The van der Waals surface area contributed by atoms with E-state index in [0.29, 0.717) is 18.9 Å². The van der Waals surface area contributed by atoms with Crippen LogP contribution in [0.1, 0.15) is 44.4 Å². The zero-order chi connectivity index (χ0) is 15.1. The van der Waals surface area contributed by atoms with Gasteiger partial charge in [-0.1, -0.05) is 38.1 Å². The van der Waals surface area contributed by atoms with Crippen molar-refractivity contribution in [2.75, 3.05) is 20.7 Å². The molecule has 3 heteroatoms. The molecular formula is C17H27NO2. The number of esters is 1. The Hall–Kier alpha value is -1.35. The Morgan fingerprint density at radius 2 is 1.80 bits per heavy atom. The molecule has 0 saturated heterocycles. The average Bonchev–Trinajstić information content (AvgIpc) is 2.36. The van der Waals surface area contributed by atoms with Gasteiger partial charge in [-0.3, -0.25) is 4.79 Å². The quantitative estimate of drug-likeness (QED) is 0.715. The molecule has 1 aromatic rings. The van der Waals surface area contributed by atoms with Gasteiger partial charge in [0.25, 0.3) is 0 Å². The van der Waals surface area contributed by atoms with Crippen LogP contribution in [-0.2, 0) is 16.0 Å². The second kappa shape index (κ2) is 8.05. The van der Waals surface area contributed by atoms with Gasteiger partial charge >= 0.3 is 5.97 Å². The number of hydrogen-bond donors (Lipinski definition) is 0. The molecule has 1 aromatic carbocycles. The minimum absolute atomic E-state index is 0.0714. The second-order valence-corrected chi connectivity index (χ2v) is 5.83. The van der Waals surface area contributed by atoms with Crippen molar-refractivity contribution >= 4 is 5.97 Å². The first-order chi connectivity index (χ1) is 9.43. The summed E-state index contributed by atoms with van der Waals surface area (Å²) in [5.41, 5.74) is 2.51. The third-order valence-electron chi connectivity index (χ3n) is 3.30. The van der Waals surface area contributed by atoms with E-state index in [1.807, 2.05) is 21.0 Å². The molecule has 0 bridgehead atoms. The smallest absolute Gasteiger partial charge is 0.307 e. The summed E-state index contributed by atoms with van der Waals surface area (Å²) in [4.78, 5) is 13.8. The minimum atomic E-state index is -0.141. The van der Waals surface area contributed by atoms with E-state index in [1.54, 1.807) is 0 Å². The summed E-state index contributed by atoms with van der Waals surface area (Å²) >= 11 is 0. The van der Waals surface area contributed by atoms with Gasteiger partial charge in [-0.15, -0.1) is 0 Å². The molecule has 0 aliphatic carbocycles. The van der Waals surface area contributed by atoms with Crippen LogP contribution in [0.25, 0.3) is 0 Å². The molecule has 0 aliphatic rings. The first kappa shape index (κ1) is 16.7. The summed E-state index contributed by atoms with van der Waals surface area (Å²) < 4.78 is 5.05. The van der Waals surface area contributed by atoms with E-state index in [-0.39, 0.29) is 12.0 Å². The van der Waals surface area contributed by atoms with Crippen LogP contribution >= 0.6 is 0 Å².